The number of hydrogen-bond donors (Lipinski definition) is 1. The Kier molecular flexibility index (Phi) is 6.15. The smallest absolute Gasteiger partial charge is 0.146 e. The van der Waals surface area contributed by atoms with Crippen molar-refractivity contribution in [2.45, 2.75) is 33.7 Å². The molecule has 0 spiro atoms. The second-order valence-corrected chi connectivity index (χ2v) is 4.33. The van der Waals surface area contributed by atoms with Crippen LogP contribution in [0.15, 0.2) is 0 Å². The van der Waals surface area contributed by atoms with Gasteiger partial charge in [-0.15, -0.1) is 10.2 Å². The molecule has 1 heterocycles. The number of rotatable bonds is 8. The van der Waals surface area contributed by atoms with Crippen molar-refractivity contribution >= 4 is 0 Å². The lowest BCUT2D eigenvalue weighted by Crippen LogP contribution is -2.32. The van der Waals surface area contributed by atoms with Gasteiger partial charge in [0, 0.05) is 20.1 Å². The highest BCUT2D eigenvalue weighted by atomic mass is 15.3. The molecule has 1 aromatic rings. The zero-order valence-corrected chi connectivity index (χ0v) is 11.5. The molecule has 0 fully saturated rings. The second kappa shape index (κ2) is 7.40. The molecule has 1 aromatic heterocycles. The fourth-order valence-corrected chi connectivity index (χ4v) is 1.79. The van der Waals surface area contributed by atoms with Gasteiger partial charge in [-0.1, -0.05) is 13.8 Å². The molecule has 0 radical (unpaired) electrons. The van der Waals surface area contributed by atoms with Crippen molar-refractivity contribution in [3.8, 4) is 0 Å². The lowest BCUT2D eigenvalue weighted by molar-refractivity contribution is 0.287. The minimum absolute atomic E-state index is 0.793. The number of nitrogens with zero attached hydrogens (tertiary/aromatic N) is 4. The molecule has 0 amide bonds. The minimum Gasteiger partial charge on any atom is -0.317 e. The van der Waals surface area contributed by atoms with Gasteiger partial charge in [0.1, 0.15) is 11.6 Å². The fourth-order valence-electron chi connectivity index (χ4n) is 1.79. The summed E-state index contributed by atoms with van der Waals surface area (Å²) in [4.78, 5) is 2.45. The summed E-state index contributed by atoms with van der Waals surface area (Å²) in [5, 5.41) is 11.6. The van der Waals surface area contributed by atoms with Crippen LogP contribution in [0, 0.1) is 6.92 Å². The van der Waals surface area contributed by atoms with E-state index in [1.807, 2.05) is 18.5 Å². The molecular formula is C12H25N5. The third-order valence-corrected chi connectivity index (χ3v) is 3.06. The first kappa shape index (κ1) is 14.1. The molecule has 1 N–H and O–H groups in total. The maximum Gasteiger partial charge on any atom is 0.146 e. The van der Waals surface area contributed by atoms with E-state index in [0.29, 0.717) is 0 Å². The maximum absolute atomic E-state index is 4.13. The highest BCUT2D eigenvalue weighted by molar-refractivity contribution is 4.91. The van der Waals surface area contributed by atoms with Gasteiger partial charge < -0.3 is 14.8 Å². The molecule has 17 heavy (non-hydrogen) atoms. The molecule has 0 aliphatic heterocycles. The molecule has 5 nitrogen and oxygen atoms in total. The van der Waals surface area contributed by atoms with Gasteiger partial charge >= 0.3 is 0 Å². The van der Waals surface area contributed by atoms with Gasteiger partial charge in [0.2, 0.25) is 0 Å². The van der Waals surface area contributed by atoms with E-state index in [1.165, 1.54) is 13.0 Å². The normalized spacial score (nSPS) is 11.4. The Balaban J connectivity index is 2.22. The third kappa shape index (κ3) is 4.44. The van der Waals surface area contributed by atoms with Crippen LogP contribution in [0.3, 0.4) is 0 Å². The molecule has 1 rings (SSSR count). The highest BCUT2D eigenvalue weighted by Crippen LogP contribution is 1.96. The predicted molar refractivity (Wildman–Crippen MR) is 69.9 cm³/mol. The van der Waals surface area contributed by atoms with Crippen LogP contribution < -0.4 is 5.32 Å². The van der Waals surface area contributed by atoms with Crippen LogP contribution >= 0.6 is 0 Å². The van der Waals surface area contributed by atoms with Gasteiger partial charge in [-0.2, -0.15) is 0 Å². The Morgan fingerprint density at radius 2 is 2.00 bits per heavy atom. The quantitative estimate of drug-likeness (QED) is 0.686. The summed E-state index contributed by atoms with van der Waals surface area (Å²) in [5.74, 6) is 1.96. The monoisotopic (exact) mass is 239 g/mol. The van der Waals surface area contributed by atoms with Crippen LogP contribution in [0.1, 0.15) is 31.9 Å². The van der Waals surface area contributed by atoms with Crippen molar-refractivity contribution < 1.29 is 0 Å². The number of nitrogens with one attached hydrogen (secondary N) is 1. The largest absolute Gasteiger partial charge is 0.317 e. The molecule has 0 aliphatic rings. The van der Waals surface area contributed by atoms with Crippen LogP contribution in [0.2, 0.25) is 0 Å². The zero-order chi connectivity index (χ0) is 12.7. The van der Waals surface area contributed by atoms with Crippen molar-refractivity contribution in [2.24, 2.45) is 7.05 Å². The summed E-state index contributed by atoms with van der Waals surface area (Å²) in [6.07, 6.45) is 1.22. The summed E-state index contributed by atoms with van der Waals surface area (Å²) >= 11 is 0. The van der Waals surface area contributed by atoms with E-state index in [4.69, 9.17) is 0 Å². The lowest BCUT2D eigenvalue weighted by atomic mass is 10.4. The van der Waals surface area contributed by atoms with Crippen LogP contribution in [0.5, 0.6) is 0 Å². The second-order valence-electron chi connectivity index (χ2n) is 4.33. The molecule has 0 atom stereocenters. The number of aromatic nitrogens is 3. The first-order chi connectivity index (χ1) is 8.19. The predicted octanol–water partition coefficient (Wildman–Crippen LogP) is 0.945. The van der Waals surface area contributed by atoms with Crippen molar-refractivity contribution in [3.05, 3.63) is 11.6 Å². The van der Waals surface area contributed by atoms with E-state index in [-0.39, 0.29) is 0 Å². The minimum atomic E-state index is 0.793. The Morgan fingerprint density at radius 3 is 2.53 bits per heavy atom. The number of hydrogen-bond acceptors (Lipinski definition) is 4. The van der Waals surface area contributed by atoms with Crippen molar-refractivity contribution in [2.75, 3.05) is 26.2 Å². The van der Waals surface area contributed by atoms with E-state index in [1.54, 1.807) is 0 Å². The van der Waals surface area contributed by atoms with Gasteiger partial charge in [0.05, 0.1) is 6.54 Å². The van der Waals surface area contributed by atoms with Gasteiger partial charge in [-0.3, -0.25) is 0 Å². The number of likely N-dealkylation sites (N-methyl/N-ethyl adjacent to an activating group) is 1. The first-order valence-corrected chi connectivity index (χ1v) is 6.47. The Bertz CT molecular complexity index is 321. The summed E-state index contributed by atoms with van der Waals surface area (Å²) in [6.45, 7) is 11.6. The standard InChI is InChI=1S/C12H25N5/c1-5-8-17(6-2)9-7-13-10-12-15-14-11(3)16(12)4/h13H,5-10H2,1-4H3. The average Bonchev–Trinajstić information content (AvgIpc) is 2.64. The SMILES string of the molecule is CCCN(CC)CCNCc1nnc(C)n1C. The summed E-state index contributed by atoms with van der Waals surface area (Å²) in [6, 6.07) is 0. The fraction of sp³-hybridized carbons (Fsp3) is 0.833. The number of aryl methyl sites for hydroxylation is 1. The van der Waals surface area contributed by atoms with E-state index < -0.39 is 0 Å². The Labute approximate surface area is 104 Å². The summed E-state index contributed by atoms with van der Waals surface area (Å²) in [7, 11) is 2.00. The van der Waals surface area contributed by atoms with Crippen molar-refractivity contribution in [3.63, 3.8) is 0 Å². The van der Waals surface area contributed by atoms with E-state index >= 15 is 0 Å². The summed E-state index contributed by atoms with van der Waals surface area (Å²) < 4.78 is 2.02. The molecule has 5 heteroatoms. The average molecular weight is 239 g/mol. The highest BCUT2D eigenvalue weighted by Gasteiger charge is 2.04. The van der Waals surface area contributed by atoms with E-state index in [0.717, 1.165) is 37.8 Å². The third-order valence-electron chi connectivity index (χ3n) is 3.06. The van der Waals surface area contributed by atoms with E-state index in [2.05, 4.69) is 34.3 Å². The lowest BCUT2D eigenvalue weighted by Gasteiger charge is -2.19. The van der Waals surface area contributed by atoms with Crippen molar-refractivity contribution in [1.29, 1.82) is 0 Å². The van der Waals surface area contributed by atoms with Gasteiger partial charge in [0.25, 0.3) is 0 Å². The molecule has 0 aromatic carbocycles. The summed E-state index contributed by atoms with van der Waals surface area (Å²) in [5.41, 5.74) is 0. The Hall–Kier alpha value is -0.940. The zero-order valence-electron chi connectivity index (χ0n) is 11.5. The van der Waals surface area contributed by atoms with Crippen LogP contribution in [-0.2, 0) is 13.6 Å². The van der Waals surface area contributed by atoms with Crippen LogP contribution in [0.4, 0.5) is 0 Å². The first-order valence-electron chi connectivity index (χ1n) is 6.47. The Morgan fingerprint density at radius 1 is 1.24 bits per heavy atom. The van der Waals surface area contributed by atoms with Crippen molar-refractivity contribution in [1.82, 2.24) is 25.0 Å². The molecular weight excluding hydrogens is 214 g/mol. The molecule has 0 aliphatic carbocycles. The topological polar surface area (TPSA) is 46.0 Å². The molecule has 98 valence electrons. The van der Waals surface area contributed by atoms with Crippen LogP contribution in [-0.4, -0.2) is 45.8 Å². The molecule has 0 unspecified atom stereocenters. The van der Waals surface area contributed by atoms with E-state index in [9.17, 15) is 0 Å². The molecule has 0 bridgehead atoms. The molecule has 0 saturated carbocycles. The van der Waals surface area contributed by atoms with Gasteiger partial charge in [0.15, 0.2) is 0 Å². The van der Waals surface area contributed by atoms with Gasteiger partial charge in [-0.05, 0) is 26.4 Å². The van der Waals surface area contributed by atoms with Crippen LogP contribution in [0.25, 0.3) is 0 Å². The maximum atomic E-state index is 4.13. The van der Waals surface area contributed by atoms with Gasteiger partial charge in [-0.25, -0.2) is 0 Å². The molecule has 0 saturated heterocycles.